The van der Waals surface area contributed by atoms with E-state index in [1.807, 2.05) is 34.9 Å². The quantitative estimate of drug-likeness (QED) is 0.679. The average molecular weight is 324 g/mol. The highest BCUT2D eigenvalue weighted by molar-refractivity contribution is 8.00. The summed E-state index contributed by atoms with van der Waals surface area (Å²) in [5.41, 5.74) is 1.66. The fraction of sp³-hybridized carbons (Fsp3) is 0.118. The molecule has 1 aromatic heterocycles. The van der Waals surface area contributed by atoms with Crippen LogP contribution in [0.4, 0.5) is 4.39 Å². The summed E-state index contributed by atoms with van der Waals surface area (Å²) in [5.74, 6) is 0.354. The van der Waals surface area contributed by atoms with E-state index in [1.165, 1.54) is 23.9 Å². The molecule has 0 aliphatic rings. The van der Waals surface area contributed by atoms with Crippen LogP contribution < -0.4 is 0 Å². The van der Waals surface area contributed by atoms with E-state index in [4.69, 9.17) is 5.26 Å². The first kappa shape index (κ1) is 15.3. The Morgan fingerprint density at radius 3 is 2.43 bits per heavy atom. The molecule has 0 fully saturated rings. The van der Waals surface area contributed by atoms with E-state index >= 15 is 0 Å². The Balaban J connectivity index is 2.14. The lowest BCUT2D eigenvalue weighted by molar-refractivity contribution is 0.627. The van der Waals surface area contributed by atoms with Crippen molar-refractivity contribution in [3.63, 3.8) is 0 Å². The second kappa shape index (κ2) is 6.63. The Kier molecular flexibility index (Phi) is 4.40. The molecule has 1 atom stereocenters. The molecule has 0 amide bonds. The minimum Gasteiger partial charge on any atom is -0.270 e. The van der Waals surface area contributed by atoms with Crippen LogP contribution >= 0.6 is 11.8 Å². The van der Waals surface area contributed by atoms with Crippen molar-refractivity contribution < 1.29 is 4.39 Å². The van der Waals surface area contributed by atoms with E-state index in [-0.39, 0.29) is 11.1 Å². The van der Waals surface area contributed by atoms with Gasteiger partial charge in [0.1, 0.15) is 5.82 Å². The first-order chi connectivity index (χ1) is 11.2. The molecule has 6 heteroatoms. The van der Waals surface area contributed by atoms with Gasteiger partial charge in [-0.05, 0) is 31.2 Å². The summed E-state index contributed by atoms with van der Waals surface area (Å²) < 4.78 is 15.1. The van der Waals surface area contributed by atoms with E-state index in [0.717, 1.165) is 11.3 Å². The standard InChI is InChI=1S/C17H13FN4S/c1-12(11-19)23-17-21-20-16(13-5-3-2-4-6-13)22(17)15-9-7-14(18)8-10-15/h2-10,12H,1H3. The molecule has 0 aliphatic heterocycles. The van der Waals surface area contributed by atoms with Gasteiger partial charge in [0.25, 0.3) is 0 Å². The topological polar surface area (TPSA) is 54.5 Å². The summed E-state index contributed by atoms with van der Waals surface area (Å²) in [5, 5.41) is 17.9. The maximum absolute atomic E-state index is 13.2. The number of halogens is 1. The molecule has 1 heterocycles. The van der Waals surface area contributed by atoms with E-state index < -0.39 is 0 Å². The molecule has 114 valence electrons. The number of thioether (sulfide) groups is 1. The molecule has 23 heavy (non-hydrogen) atoms. The zero-order chi connectivity index (χ0) is 16.2. The molecular formula is C17H13FN4S. The van der Waals surface area contributed by atoms with E-state index in [0.29, 0.717) is 11.0 Å². The summed E-state index contributed by atoms with van der Waals surface area (Å²) >= 11 is 1.32. The highest BCUT2D eigenvalue weighted by Gasteiger charge is 2.18. The summed E-state index contributed by atoms with van der Waals surface area (Å²) in [6, 6.07) is 17.9. The van der Waals surface area contributed by atoms with Crippen LogP contribution in [0, 0.1) is 17.1 Å². The summed E-state index contributed by atoms with van der Waals surface area (Å²) in [4.78, 5) is 0. The molecule has 2 aromatic carbocycles. The van der Waals surface area contributed by atoms with E-state index in [9.17, 15) is 4.39 Å². The van der Waals surface area contributed by atoms with Crippen LogP contribution in [0.2, 0.25) is 0 Å². The normalized spacial score (nSPS) is 11.9. The Morgan fingerprint density at radius 2 is 1.78 bits per heavy atom. The molecule has 1 unspecified atom stereocenters. The van der Waals surface area contributed by atoms with Gasteiger partial charge in [-0.3, -0.25) is 4.57 Å². The van der Waals surface area contributed by atoms with Gasteiger partial charge in [-0.2, -0.15) is 5.26 Å². The SMILES string of the molecule is CC(C#N)Sc1nnc(-c2ccccc2)n1-c1ccc(F)cc1. The summed E-state index contributed by atoms with van der Waals surface area (Å²) in [6.07, 6.45) is 0. The number of nitrogens with zero attached hydrogens (tertiary/aromatic N) is 4. The van der Waals surface area contributed by atoms with E-state index in [1.54, 1.807) is 19.1 Å². The number of aromatic nitrogens is 3. The zero-order valence-corrected chi connectivity index (χ0v) is 13.2. The third-order valence-corrected chi connectivity index (χ3v) is 4.15. The van der Waals surface area contributed by atoms with Crippen LogP contribution in [0.25, 0.3) is 17.1 Å². The molecule has 4 nitrogen and oxygen atoms in total. The van der Waals surface area contributed by atoms with Gasteiger partial charge in [-0.15, -0.1) is 10.2 Å². The smallest absolute Gasteiger partial charge is 0.197 e. The first-order valence-corrected chi connectivity index (χ1v) is 7.90. The van der Waals surface area contributed by atoms with Crippen molar-refractivity contribution in [1.82, 2.24) is 14.8 Å². The Labute approximate surface area is 137 Å². The van der Waals surface area contributed by atoms with Gasteiger partial charge in [0, 0.05) is 11.3 Å². The molecule has 0 radical (unpaired) electrons. The van der Waals surface area contributed by atoms with Crippen molar-refractivity contribution in [2.45, 2.75) is 17.3 Å². The van der Waals surface area contributed by atoms with Crippen molar-refractivity contribution in [3.8, 4) is 23.1 Å². The lowest BCUT2D eigenvalue weighted by atomic mass is 10.2. The largest absolute Gasteiger partial charge is 0.270 e. The maximum atomic E-state index is 13.2. The van der Waals surface area contributed by atoms with Crippen LogP contribution in [-0.2, 0) is 0 Å². The van der Waals surface area contributed by atoms with Gasteiger partial charge in [0.2, 0.25) is 0 Å². The highest BCUT2D eigenvalue weighted by atomic mass is 32.2. The summed E-state index contributed by atoms with van der Waals surface area (Å²) in [7, 11) is 0. The van der Waals surface area contributed by atoms with Crippen LogP contribution in [-0.4, -0.2) is 20.0 Å². The van der Waals surface area contributed by atoms with Crippen molar-refractivity contribution in [2.75, 3.05) is 0 Å². The van der Waals surface area contributed by atoms with Gasteiger partial charge in [0.15, 0.2) is 11.0 Å². The van der Waals surface area contributed by atoms with Crippen LogP contribution in [0.5, 0.6) is 0 Å². The van der Waals surface area contributed by atoms with Crippen LogP contribution in [0.1, 0.15) is 6.92 Å². The molecular weight excluding hydrogens is 311 g/mol. The predicted molar refractivity (Wildman–Crippen MR) is 87.7 cm³/mol. The fourth-order valence-corrected chi connectivity index (χ4v) is 2.88. The Hall–Kier alpha value is -2.65. The van der Waals surface area contributed by atoms with Crippen LogP contribution in [0.15, 0.2) is 59.8 Å². The number of hydrogen-bond donors (Lipinski definition) is 0. The monoisotopic (exact) mass is 324 g/mol. The average Bonchev–Trinajstić information content (AvgIpc) is 3.00. The number of hydrogen-bond acceptors (Lipinski definition) is 4. The third kappa shape index (κ3) is 3.25. The van der Waals surface area contributed by atoms with Crippen molar-refractivity contribution in [3.05, 3.63) is 60.4 Å². The van der Waals surface area contributed by atoms with Crippen LogP contribution in [0.3, 0.4) is 0 Å². The van der Waals surface area contributed by atoms with Gasteiger partial charge >= 0.3 is 0 Å². The third-order valence-electron chi connectivity index (χ3n) is 3.21. The van der Waals surface area contributed by atoms with Gasteiger partial charge < -0.3 is 0 Å². The minimum atomic E-state index is -0.303. The lowest BCUT2D eigenvalue weighted by Crippen LogP contribution is -2.02. The fourth-order valence-electron chi connectivity index (χ4n) is 2.13. The van der Waals surface area contributed by atoms with Crippen molar-refractivity contribution >= 4 is 11.8 Å². The maximum Gasteiger partial charge on any atom is 0.197 e. The Morgan fingerprint density at radius 1 is 1.09 bits per heavy atom. The molecule has 0 aliphatic carbocycles. The van der Waals surface area contributed by atoms with Crippen molar-refractivity contribution in [1.29, 1.82) is 5.26 Å². The van der Waals surface area contributed by atoms with Crippen molar-refractivity contribution in [2.24, 2.45) is 0 Å². The predicted octanol–water partition coefficient (Wildman–Crippen LogP) is 4.08. The second-order valence-corrected chi connectivity index (χ2v) is 6.18. The number of benzene rings is 2. The zero-order valence-electron chi connectivity index (χ0n) is 12.3. The van der Waals surface area contributed by atoms with Gasteiger partial charge in [0.05, 0.1) is 11.3 Å². The molecule has 0 spiro atoms. The number of nitriles is 1. The lowest BCUT2D eigenvalue weighted by Gasteiger charge is -2.10. The first-order valence-electron chi connectivity index (χ1n) is 7.02. The Bertz CT molecular complexity index is 837. The molecule has 3 rings (SSSR count). The molecule has 0 N–H and O–H groups in total. The van der Waals surface area contributed by atoms with Gasteiger partial charge in [-0.25, -0.2) is 4.39 Å². The summed E-state index contributed by atoms with van der Waals surface area (Å²) in [6.45, 7) is 1.80. The molecule has 0 saturated carbocycles. The second-order valence-electron chi connectivity index (χ2n) is 4.87. The van der Waals surface area contributed by atoms with E-state index in [2.05, 4.69) is 16.3 Å². The highest BCUT2D eigenvalue weighted by Crippen LogP contribution is 2.29. The number of rotatable bonds is 4. The molecule has 0 bridgehead atoms. The van der Waals surface area contributed by atoms with Gasteiger partial charge in [-0.1, -0.05) is 42.1 Å². The molecule has 0 saturated heterocycles. The molecule has 3 aromatic rings. The minimum absolute atomic E-state index is 0.262.